The fraction of sp³-hybridized carbons (Fsp3) is 0.714. The van der Waals surface area contributed by atoms with Crippen LogP contribution >= 0.6 is 0 Å². The Labute approximate surface area is 57.1 Å². The quantitative estimate of drug-likeness (QED) is 0.418. The molecule has 0 rings (SSSR count). The maximum Gasteiger partial charge on any atom is 0.00746 e. The van der Waals surface area contributed by atoms with Crippen molar-refractivity contribution in [3.8, 4) is 0 Å². The summed E-state index contributed by atoms with van der Waals surface area (Å²) in [5.74, 6) is 0. The molecule has 0 unspecified atom stereocenters. The molecule has 0 saturated carbocycles. The van der Waals surface area contributed by atoms with Crippen LogP contribution in [0.3, 0.4) is 0 Å². The Morgan fingerprint density at radius 1 is 1.56 bits per heavy atom. The van der Waals surface area contributed by atoms with Gasteiger partial charge in [0.2, 0.25) is 0 Å². The zero-order chi connectivity index (χ0) is 7.11. The van der Waals surface area contributed by atoms with Gasteiger partial charge in [0.05, 0.1) is 0 Å². The van der Waals surface area contributed by atoms with E-state index in [1.165, 1.54) is 5.57 Å². The first-order valence-electron chi connectivity index (χ1n) is 3.32. The number of nitrogens with one attached hydrogen (secondary N) is 1. The average molecular weight is 128 g/mol. The Kier molecular flexibility index (Phi) is 5.57. The first-order chi connectivity index (χ1) is 4.27. The van der Waals surface area contributed by atoms with Crippen molar-refractivity contribution in [2.24, 2.45) is 5.73 Å². The standard InChI is InChI=1S/C7H16N2/c1-7(2)3-5-9-6-4-8/h9H,1,3-6,8H2,2H3. The molecule has 0 atom stereocenters. The van der Waals surface area contributed by atoms with Gasteiger partial charge >= 0.3 is 0 Å². The minimum absolute atomic E-state index is 0.718. The summed E-state index contributed by atoms with van der Waals surface area (Å²) >= 11 is 0. The third kappa shape index (κ3) is 7.66. The van der Waals surface area contributed by atoms with Crippen molar-refractivity contribution in [2.75, 3.05) is 19.6 Å². The van der Waals surface area contributed by atoms with Gasteiger partial charge in [0.25, 0.3) is 0 Å². The first-order valence-corrected chi connectivity index (χ1v) is 3.32. The van der Waals surface area contributed by atoms with Gasteiger partial charge in [-0.05, 0) is 19.9 Å². The Hall–Kier alpha value is -0.340. The van der Waals surface area contributed by atoms with Crippen molar-refractivity contribution in [3.05, 3.63) is 12.2 Å². The summed E-state index contributed by atoms with van der Waals surface area (Å²) in [6.45, 7) is 8.45. The lowest BCUT2D eigenvalue weighted by Crippen LogP contribution is -2.23. The fourth-order valence-corrected chi connectivity index (χ4v) is 0.529. The van der Waals surface area contributed by atoms with E-state index in [-0.39, 0.29) is 0 Å². The van der Waals surface area contributed by atoms with Crippen molar-refractivity contribution in [1.29, 1.82) is 0 Å². The van der Waals surface area contributed by atoms with E-state index in [1.807, 2.05) is 6.92 Å². The molecule has 0 spiro atoms. The van der Waals surface area contributed by atoms with Crippen molar-refractivity contribution < 1.29 is 0 Å². The Bertz CT molecular complexity index is 79.0. The second-order valence-electron chi connectivity index (χ2n) is 2.25. The Morgan fingerprint density at radius 2 is 2.22 bits per heavy atom. The van der Waals surface area contributed by atoms with E-state index in [4.69, 9.17) is 5.73 Å². The molecule has 0 heterocycles. The summed E-state index contributed by atoms with van der Waals surface area (Å²) < 4.78 is 0. The molecule has 0 aliphatic heterocycles. The summed E-state index contributed by atoms with van der Waals surface area (Å²) in [5, 5.41) is 3.18. The van der Waals surface area contributed by atoms with Crippen LogP contribution in [-0.4, -0.2) is 19.6 Å². The molecule has 2 heteroatoms. The largest absolute Gasteiger partial charge is 0.329 e. The monoisotopic (exact) mass is 128 g/mol. The van der Waals surface area contributed by atoms with Gasteiger partial charge in [0, 0.05) is 13.1 Å². The number of nitrogens with two attached hydrogens (primary N) is 1. The van der Waals surface area contributed by atoms with Crippen LogP contribution in [-0.2, 0) is 0 Å². The molecule has 9 heavy (non-hydrogen) atoms. The minimum atomic E-state index is 0.718. The average Bonchev–Trinajstić information content (AvgIpc) is 1.80. The smallest absolute Gasteiger partial charge is 0.00746 e. The van der Waals surface area contributed by atoms with E-state index in [2.05, 4.69) is 11.9 Å². The van der Waals surface area contributed by atoms with E-state index >= 15 is 0 Å². The predicted molar refractivity (Wildman–Crippen MR) is 41.4 cm³/mol. The van der Waals surface area contributed by atoms with Gasteiger partial charge in [-0.2, -0.15) is 0 Å². The zero-order valence-corrected chi connectivity index (χ0v) is 6.11. The molecule has 0 fully saturated rings. The molecule has 0 radical (unpaired) electrons. The van der Waals surface area contributed by atoms with Gasteiger partial charge in [-0.25, -0.2) is 0 Å². The van der Waals surface area contributed by atoms with Crippen LogP contribution in [0, 0.1) is 0 Å². The molecule has 0 aliphatic carbocycles. The normalized spacial score (nSPS) is 9.56. The third-order valence-corrected chi connectivity index (χ3v) is 1.05. The van der Waals surface area contributed by atoms with E-state index in [0.717, 1.165) is 26.1 Å². The Balaban J connectivity index is 2.83. The molecule has 0 amide bonds. The third-order valence-electron chi connectivity index (χ3n) is 1.05. The molecule has 0 aromatic rings. The van der Waals surface area contributed by atoms with Crippen LogP contribution in [0.4, 0.5) is 0 Å². The molecular formula is C7H16N2. The van der Waals surface area contributed by atoms with Gasteiger partial charge in [-0.1, -0.05) is 5.57 Å². The van der Waals surface area contributed by atoms with Crippen molar-refractivity contribution in [2.45, 2.75) is 13.3 Å². The molecule has 54 valence electrons. The molecular weight excluding hydrogens is 112 g/mol. The van der Waals surface area contributed by atoms with E-state index < -0.39 is 0 Å². The summed E-state index contributed by atoms with van der Waals surface area (Å²) in [4.78, 5) is 0. The molecule has 0 aliphatic rings. The lowest BCUT2D eigenvalue weighted by Gasteiger charge is -2.00. The highest BCUT2D eigenvalue weighted by Crippen LogP contribution is 1.90. The fourth-order valence-electron chi connectivity index (χ4n) is 0.529. The summed E-state index contributed by atoms with van der Waals surface area (Å²) in [6, 6.07) is 0. The molecule has 2 nitrogen and oxygen atoms in total. The van der Waals surface area contributed by atoms with Crippen LogP contribution < -0.4 is 11.1 Å². The minimum Gasteiger partial charge on any atom is -0.329 e. The molecule has 0 bridgehead atoms. The van der Waals surface area contributed by atoms with Gasteiger partial charge in [0.15, 0.2) is 0 Å². The van der Waals surface area contributed by atoms with Gasteiger partial charge in [0.1, 0.15) is 0 Å². The molecule has 0 aromatic heterocycles. The topological polar surface area (TPSA) is 38.0 Å². The van der Waals surface area contributed by atoms with Crippen LogP contribution in [0.15, 0.2) is 12.2 Å². The molecule has 0 aromatic carbocycles. The maximum atomic E-state index is 5.26. The highest BCUT2D eigenvalue weighted by atomic mass is 14.9. The van der Waals surface area contributed by atoms with Crippen LogP contribution in [0.1, 0.15) is 13.3 Å². The SMILES string of the molecule is C=C(C)CCNCCN. The van der Waals surface area contributed by atoms with E-state index in [1.54, 1.807) is 0 Å². The molecule has 0 saturated heterocycles. The number of hydrogen-bond donors (Lipinski definition) is 2. The second-order valence-corrected chi connectivity index (χ2v) is 2.25. The summed E-state index contributed by atoms with van der Waals surface area (Å²) in [7, 11) is 0. The van der Waals surface area contributed by atoms with E-state index in [9.17, 15) is 0 Å². The highest BCUT2D eigenvalue weighted by molar-refractivity contribution is 4.87. The van der Waals surface area contributed by atoms with Crippen LogP contribution in [0.2, 0.25) is 0 Å². The van der Waals surface area contributed by atoms with Gasteiger partial charge in [-0.3, -0.25) is 0 Å². The maximum absolute atomic E-state index is 5.26. The van der Waals surface area contributed by atoms with E-state index in [0.29, 0.717) is 0 Å². The zero-order valence-electron chi connectivity index (χ0n) is 6.11. The lowest BCUT2D eigenvalue weighted by atomic mass is 10.2. The molecule has 3 N–H and O–H groups in total. The van der Waals surface area contributed by atoms with Crippen molar-refractivity contribution >= 4 is 0 Å². The lowest BCUT2D eigenvalue weighted by molar-refractivity contribution is 0.687. The van der Waals surface area contributed by atoms with Crippen molar-refractivity contribution in [1.82, 2.24) is 5.32 Å². The van der Waals surface area contributed by atoms with Gasteiger partial charge in [-0.15, -0.1) is 6.58 Å². The van der Waals surface area contributed by atoms with Gasteiger partial charge < -0.3 is 11.1 Å². The Morgan fingerprint density at radius 3 is 2.67 bits per heavy atom. The van der Waals surface area contributed by atoms with Crippen molar-refractivity contribution in [3.63, 3.8) is 0 Å². The number of rotatable bonds is 5. The van der Waals surface area contributed by atoms with Crippen LogP contribution in [0.25, 0.3) is 0 Å². The highest BCUT2D eigenvalue weighted by Gasteiger charge is 1.84. The number of hydrogen-bond acceptors (Lipinski definition) is 2. The van der Waals surface area contributed by atoms with Crippen LogP contribution in [0.5, 0.6) is 0 Å². The second kappa shape index (κ2) is 5.79. The summed E-state index contributed by atoms with van der Waals surface area (Å²) in [6.07, 6.45) is 1.06. The predicted octanol–water partition coefficient (Wildman–Crippen LogP) is 0.501. The summed E-state index contributed by atoms with van der Waals surface area (Å²) in [5.41, 5.74) is 6.48. The first kappa shape index (κ1) is 8.66.